The van der Waals surface area contributed by atoms with Crippen LogP contribution in [-0.2, 0) is 13.2 Å². The Kier molecular flexibility index (Phi) is 6.29. The molecule has 31 heavy (non-hydrogen) atoms. The zero-order valence-corrected chi connectivity index (χ0v) is 18.1. The molecule has 0 aliphatic heterocycles. The van der Waals surface area contributed by atoms with Gasteiger partial charge in [0.2, 0.25) is 5.95 Å². The van der Waals surface area contributed by atoms with Crippen molar-refractivity contribution in [3.8, 4) is 5.75 Å². The molecule has 4 aromatic rings. The zero-order valence-electron chi connectivity index (χ0n) is 16.5. The smallest absolute Gasteiger partial charge is 0.268 e. The molecule has 4 rings (SSSR count). The molecule has 2 aromatic heterocycles. The van der Waals surface area contributed by atoms with Crippen LogP contribution in [-0.4, -0.2) is 20.7 Å². The van der Waals surface area contributed by atoms with Crippen molar-refractivity contribution in [2.75, 3.05) is 5.32 Å². The van der Waals surface area contributed by atoms with Crippen LogP contribution >= 0.6 is 22.9 Å². The molecular weight excluding hydrogens is 439 g/mol. The first-order valence-corrected chi connectivity index (χ1v) is 10.6. The van der Waals surface area contributed by atoms with Crippen LogP contribution in [0.15, 0.2) is 60.2 Å². The largest absolute Gasteiger partial charge is 0.489 e. The van der Waals surface area contributed by atoms with E-state index in [9.17, 15) is 9.18 Å². The van der Waals surface area contributed by atoms with Gasteiger partial charge in [0.25, 0.3) is 5.91 Å². The second-order valence-corrected chi connectivity index (χ2v) is 8.22. The normalized spacial score (nSPS) is 10.8. The lowest BCUT2D eigenvalue weighted by Gasteiger charge is -2.08. The van der Waals surface area contributed by atoms with E-state index in [2.05, 4.69) is 15.4 Å². The van der Waals surface area contributed by atoms with E-state index in [1.807, 2.05) is 24.4 Å². The fourth-order valence-corrected chi connectivity index (χ4v) is 3.94. The molecule has 0 saturated heterocycles. The number of carbonyl (C=O) groups is 1. The average molecular weight is 457 g/mol. The summed E-state index contributed by atoms with van der Waals surface area (Å²) in [5.74, 6) is 0.316. The van der Waals surface area contributed by atoms with Crippen LogP contribution < -0.4 is 10.1 Å². The molecule has 0 unspecified atom stereocenters. The number of anilines is 1. The van der Waals surface area contributed by atoms with Gasteiger partial charge in [-0.1, -0.05) is 23.7 Å². The maximum absolute atomic E-state index is 13.3. The van der Waals surface area contributed by atoms with E-state index in [0.717, 1.165) is 22.4 Å². The lowest BCUT2D eigenvalue weighted by Crippen LogP contribution is -2.12. The molecule has 0 saturated carbocycles. The van der Waals surface area contributed by atoms with E-state index in [4.69, 9.17) is 16.3 Å². The summed E-state index contributed by atoms with van der Waals surface area (Å²) in [5, 5.41) is 9.43. The SMILES string of the molecule is Cc1cc(Cl)ccc1OCc1csc(C(=O)Nc2ncn(Cc3cccc(F)c3)n2)c1. The summed E-state index contributed by atoms with van der Waals surface area (Å²) in [4.78, 5) is 17.1. The topological polar surface area (TPSA) is 69.0 Å². The molecule has 2 heterocycles. The molecule has 9 heteroatoms. The maximum Gasteiger partial charge on any atom is 0.268 e. The first-order chi connectivity index (χ1) is 15.0. The van der Waals surface area contributed by atoms with Gasteiger partial charge in [-0.25, -0.2) is 14.1 Å². The monoisotopic (exact) mass is 456 g/mol. The lowest BCUT2D eigenvalue weighted by molar-refractivity contribution is 0.102. The van der Waals surface area contributed by atoms with Crippen molar-refractivity contribution in [3.63, 3.8) is 0 Å². The Morgan fingerprint density at radius 1 is 1.23 bits per heavy atom. The Balaban J connectivity index is 1.34. The molecule has 0 bridgehead atoms. The van der Waals surface area contributed by atoms with Crippen molar-refractivity contribution in [3.05, 3.63) is 92.6 Å². The van der Waals surface area contributed by atoms with E-state index >= 15 is 0 Å². The summed E-state index contributed by atoms with van der Waals surface area (Å²) < 4.78 is 20.7. The molecular formula is C22H18ClFN4O2S. The Morgan fingerprint density at radius 3 is 2.90 bits per heavy atom. The number of halogens is 2. The quantitative estimate of drug-likeness (QED) is 0.408. The van der Waals surface area contributed by atoms with Crippen LogP contribution in [0.1, 0.15) is 26.4 Å². The van der Waals surface area contributed by atoms with Crippen LogP contribution in [0.5, 0.6) is 5.75 Å². The van der Waals surface area contributed by atoms with Crippen LogP contribution in [0.4, 0.5) is 10.3 Å². The van der Waals surface area contributed by atoms with Gasteiger partial charge in [-0.3, -0.25) is 10.1 Å². The fraction of sp³-hybridized carbons (Fsp3) is 0.136. The Bertz CT molecular complexity index is 1220. The third-order valence-electron chi connectivity index (χ3n) is 4.40. The van der Waals surface area contributed by atoms with E-state index in [1.165, 1.54) is 34.5 Å². The number of benzene rings is 2. The van der Waals surface area contributed by atoms with Gasteiger partial charge in [-0.15, -0.1) is 16.4 Å². The van der Waals surface area contributed by atoms with Crippen molar-refractivity contribution >= 4 is 34.8 Å². The van der Waals surface area contributed by atoms with Crippen LogP contribution in [0.2, 0.25) is 5.02 Å². The number of amides is 1. The Hall–Kier alpha value is -3.23. The summed E-state index contributed by atoms with van der Waals surface area (Å²) in [6.45, 7) is 2.62. The highest BCUT2D eigenvalue weighted by molar-refractivity contribution is 7.12. The molecule has 0 atom stereocenters. The predicted octanol–water partition coefficient (Wildman–Crippen LogP) is 5.32. The van der Waals surface area contributed by atoms with Crippen molar-refractivity contribution in [1.82, 2.24) is 14.8 Å². The van der Waals surface area contributed by atoms with E-state index in [-0.39, 0.29) is 17.7 Å². The number of thiophene rings is 1. The number of aromatic nitrogens is 3. The van der Waals surface area contributed by atoms with Gasteiger partial charge >= 0.3 is 0 Å². The minimum atomic E-state index is -0.310. The number of hydrogen-bond acceptors (Lipinski definition) is 5. The number of carbonyl (C=O) groups excluding carboxylic acids is 1. The third-order valence-corrected chi connectivity index (χ3v) is 5.62. The minimum absolute atomic E-state index is 0.185. The number of hydrogen-bond donors (Lipinski definition) is 1. The van der Waals surface area contributed by atoms with Crippen molar-refractivity contribution in [2.45, 2.75) is 20.1 Å². The number of nitrogens with one attached hydrogen (secondary N) is 1. The Morgan fingerprint density at radius 2 is 2.10 bits per heavy atom. The predicted molar refractivity (Wildman–Crippen MR) is 118 cm³/mol. The van der Waals surface area contributed by atoms with Crippen LogP contribution in [0.25, 0.3) is 0 Å². The van der Waals surface area contributed by atoms with Crippen molar-refractivity contribution < 1.29 is 13.9 Å². The molecule has 2 aromatic carbocycles. The van der Waals surface area contributed by atoms with Gasteiger partial charge in [-0.2, -0.15) is 0 Å². The first-order valence-electron chi connectivity index (χ1n) is 9.38. The standard InChI is InChI=1S/C22H18ClFN4O2S/c1-14-7-17(23)5-6-19(14)30-11-16-9-20(31-12-16)21(29)26-22-25-13-28(27-22)10-15-3-2-4-18(24)8-15/h2-9,12-13H,10-11H2,1H3,(H,26,27,29). The highest BCUT2D eigenvalue weighted by Gasteiger charge is 2.13. The van der Waals surface area contributed by atoms with Crippen molar-refractivity contribution in [1.29, 1.82) is 0 Å². The lowest BCUT2D eigenvalue weighted by atomic mass is 10.2. The van der Waals surface area contributed by atoms with E-state index in [0.29, 0.717) is 23.1 Å². The van der Waals surface area contributed by atoms with Gasteiger partial charge in [-0.05, 0) is 59.8 Å². The summed E-state index contributed by atoms with van der Waals surface area (Å²) in [6, 6.07) is 13.5. The molecule has 6 nitrogen and oxygen atoms in total. The molecule has 1 amide bonds. The average Bonchev–Trinajstić information content (AvgIpc) is 3.37. The maximum atomic E-state index is 13.3. The molecule has 0 aliphatic rings. The summed E-state index contributed by atoms with van der Waals surface area (Å²) >= 11 is 7.27. The number of nitrogens with zero attached hydrogens (tertiary/aromatic N) is 3. The van der Waals surface area contributed by atoms with Crippen LogP contribution in [0, 0.1) is 12.7 Å². The molecule has 1 N–H and O–H groups in total. The number of aryl methyl sites for hydroxylation is 1. The Labute approximate surface area is 187 Å². The zero-order chi connectivity index (χ0) is 21.8. The highest BCUT2D eigenvalue weighted by Crippen LogP contribution is 2.24. The second-order valence-electron chi connectivity index (χ2n) is 6.87. The fourth-order valence-electron chi connectivity index (χ4n) is 2.92. The number of rotatable bonds is 7. The van der Waals surface area contributed by atoms with Gasteiger partial charge in [0.15, 0.2) is 0 Å². The summed E-state index contributed by atoms with van der Waals surface area (Å²) in [7, 11) is 0. The van der Waals surface area contributed by atoms with Gasteiger partial charge < -0.3 is 4.74 Å². The van der Waals surface area contributed by atoms with Gasteiger partial charge in [0.05, 0.1) is 11.4 Å². The first kappa shape index (κ1) is 21.0. The van der Waals surface area contributed by atoms with Gasteiger partial charge in [0, 0.05) is 10.6 Å². The molecule has 158 valence electrons. The van der Waals surface area contributed by atoms with Crippen molar-refractivity contribution in [2.24, 2.45) is 0 Å². The molecule has 0 spiro atoms. The van der Waals surface area contributed by atoms with E-state index in [1.54, 1.807) is 24.3 Å². The summed E-state index contributed by atoms with van der Waals surface area (Å²) in [6.07, 6.45) is 1.49. The molecule has 0 radical (unpaired) electrons. The minimum Gasteiger partial charge on any atom is -0.489 e. The molecule has 0 aliphatic carbocycles. The highest BCUT2D eigenvalue weighted by atomic mass is 35.5. The van der Waals surface area contributed by atoms with E-state index < -0.39 is 0 Å². The van der Waals surface area contributed by atoms with Gasteiger partial charge in [0.1, 0.15) is 24.5 Å². The summed E-state index contributed by atoms with van der Waals surface area (Å²) in [5.41, 5.74) is 2.58. The third kappa shape index (κ3) is 5.48. The second kappa shape index (κ2) is 9.28. The molecule has 0 fully saturated rings. The van der Waals surface area contributed by atoms with Crippen LogP contribution in [0.3, 0.4) is 0 Å². The number of ether oxygens (including phenoxy) is 1.